The molecule has 3 heteroatoms. The van der Waals surface area contributed by atoms with Crippen LogP contribution in [0.2, 0.25) is 0 Å². The monoisotopic (exact) mass is 259 g/mol. The first-order valence-electron chi connectivity index (χ1n) is 5.57. The molecule has 3 atom stereocenters. The van der Waals surface area contributed by atoms with Crippen LogP contribution in [-0.4, -0.2) is 29.2 Å². The van der Waals surface area contributed by atoms with Gasteiger partial charge in [-0.05, 0) is 31.1 Å². The zero-order valence-electron chi connectivity index (χ0n) is 8.71. The molecule has 0 radical (unpaired) electrons. The second kappa shape index (κ2) is 4.21. The zero-order valence-corrected chi connectivity index (χ0v) is 10.3. The topological polar surface area (TPSA) is 20.3 Å². The lowest BCUT2D eigenvalue weighted by molar-refractivity contribution is -0.131. The van der Waals surface area contributed by atoms with E-state index in [2.05, 4.69) is 27.8 Å². The Morgan fingerprint density at radius 1 is 1.57 bits per heavy atom. The van der Waals surface area contributed by atoms with Crippen molar-refractivity contribution in [3.05, 3.63) is 0 Å². The molecule has 0 spiro atoms. The molecule has 1 saturated carbocycles. The fraction of sp³-hybridized carbons (Fsp3) is 0.909. The molecule has 0 aromatic carbocycles. The number of likely N-dealkylation sites (tertiary alicyclic amines) is 1. The first-order chi connectivity index (χ1) is 6.72. The number of hydrogen-bond donors (Lipinski definition) is 0. The van der Waals surface area contributed by atoms with E-state index < -0.39 is 0 Å². The van der Waals surface area contributed by atoms with Gasteiger partial charge in [0.2, 0.25) is 5.91 Å². The number of alkyl halides is 1. The largest absolute Gasteiger partial charge is 0.342 e. The van der Waals surface area contributed by atoms with E-state index in [0.717, 1.165) is 30.8 Å². The zero-order chi connectivity index (χ0) is 10.1. The molecule has 1 aliphatic carbocycles. The van der Waals surface area contributed by atoms with Gasteiger partial charge >= 0.3 is 0 Å². The molecule has 2 nitrogen and oxygen atoms in total. The second-order valence-electron chi connectivity index (χ2n) is 4.74. The first-order valence-corrected chi connectivity index (χ1v) is 6.69. The van der Waals surface area contributed by atoms with E-state index in [9.17, 15) is 4.79 Å². The smallest absolute Gasteiger partial charge is 0.225 e. The summed E-state index contributed by atoms with van der Waals surface area (Å²) in [4.78, 5) is 14.0. The van der Waals surface area contributed by atoms with Crippen LogP contribution in [0.4, 0.5) is 0 Å². The molecule has 1 aliphatic heterocycles. The number of carbonyl (C=O) groups is 1. The van der Waals surface area contributed by atoms with E-state index in [1.54, 1.807) is 0 Å². The molecule has 2 rings (SSSR count). The van der Waals surface area contributed by atoms with Crippen molar-refractivity contribution in [1.29, 1.82) is 0 Å². The van der Waals surface area contributed by atoms with E-state index in [-0.39, 0.29) is 0 Å². The highest BCUT2D eigenvalue weighted by Crippen LogP contribution is 2.40. The molecule has 2 fully saturated rings. The van der Waals surface area contributed by atoms with Crippen molar-refractivity contribution in [2.45, 2.75) is 26.2 Å². The van der Waals surface area contributed by atoms with Gasteiger partial charge in [-0.25, -0.2) is 0 Å². The highest BCUT2D eigenvalue weighted by molar-refractivity contribution is 9.09. The van der Waals surface area contributed by atoms with Crippen molar-refractivity contribution < 1.29 is 4.79 Å². The Hall–Kier alpha value is -0.0500. The number of carbonyl (C=O) groups excluding carboxylic acids is 1. The Bertz CT molecular complexity index is 231. The Morgan fingerprint density at radius 3 is 2.86 bits per heavy atom. The molecule has 2 aliphatic rings. The van der Waals surface area contributed by atoms with Crippen molar-refractivity contribution in [2.24, 2.45) is 17.8 Å². The highest BCUT2D eigenvalue weighted by atomic mass is 79.9. The van der Waals surface area contributed by atoms with Crippen LogP contribution >= 0.6 is 15.9 Å². The van der Waals surface area contributed by atoms with Crippen LogP contribution in [0.15, 0.2) is 0 Å². The van der Waals surface area contributed by atoms with E-state index in [0.29, 0.717) is 17.7 Å². The predicted octanol–water partition coefficient (Wildman–Crippen LogP) is 2.28. The van der Waals surface area contributed by atoms with Crippen molar-refractivity contribution in [1.82, 2.24) is 4.90 Å². The maximum absolute atomic E-state index is 11.9. The van der Waals surface area contributed by atoms with Crippen molar-refractivity contribution in [3.63, 3.8) is 0 Å². The van der Waals surface area contributed by atoms with E-state index in [4.69, 9.17) is 0 Å². The molecular formula is C11H18BrNO. The fourth-order valence-electron chi connectivity index (χ4n) is 2.32. The number of amides is 1. The molecule has 1 saturated heterocycles. The lowest BCUT2D eigenvalue weighted by Crippen LogP contribution is -2.30. The van der Waals surface area contributed by atoms with Crippen LogP contribution in [0.1, 0.15) is 26.2 Å². The summed E-state index contributed by atoms with van der Waals surface area (Å²) in [5.74, 6) is 2.19. The van der Waals surface area contributed by atoms with Crippen LogP contribution < -0.4 is 0 Å². The average molecular weight is 260 g/mol. The molecular weight excluding hydrogens is 242 g/mol. The third-order valence-corrected chi connectivity index (χ3v) is 4.00. The lowest BCUT2D eigenvalue weighted by Gasteiger charge is -2.16. The number of nitrogens with zero attached hydrogens (tertiary/aromatic N) is 1. The lowest BCUT2D eigenvalue weighted by atomic mass is 10.1. The molecule has 1 amide bonds. The molecule has 3 unspecified atom stereocenters. The third kappa shape index (κ3) is 2.13. The number of halogens is 1. The molecule has 0 bridgehead atoms. The summed E-state index contributed by atoms with van der Waals surface area (Å²) in [5.41, 5.74) is 0. The molecule has 80 valence electrons. The molecule has 0 aromatic heterocycles. The van der Waals surface area contributed by atoms with Gasteiger partial charge in [-0.1, -0.05) is 22.9 Å². The van der Waals surface area contributed by atoms with Crippen molar-refractivity contribution in [2.75, 3.05) is 18.4 Å². The molecule has 1 heterocycles. The fourth-order valence-corrected chi connectivity index (χ4v) is 2.97. The van der Waals surface area contributed by atoms with E-state index in [1.807, 2.05) is 0 Å². The minimum Gasteiger partial charge on any atom is -0.342 e. The maximum atomic E-state index is 11.9. The highest BCUT2D eigenvalue weighted by Gasteiger charge is 2.42. The van der Waals surface area contributed by atoms with Gasteiger partial charge in [-0.15, -0.1) is 0 Å². The van der Waals surface area contributed by atoms with Crippen LogP contribution in [0.25, 0.3) is 0 Å². The van der Waals surface area contributed by atoms with E-state index >= 15 is 0 Å². The Kier molecular flexibility index (Phi) is 3.15. The summed E-state index contributed by atoms with van der Waals surface area (Å²) in [7, 11) is 0. The molecule has 0 aromatic rings. The summed E-state index contributed by atoms with van der Waals surface area (Å²) in [6.07, 6.45) is 3.54. The predicted molar refractivity (Wildman–Crippen MR) is 60.4 cm³/mol. The van der Waals surface area contributed by atoms with Crippen LogP contribution in [-0.2, 0) is 4.79 Å². The number of hydrogen-bond acceptors (Lipinski definition) is 1. The quantitative estimate of drug-likeness (QED) is 0.713. The van der Waals surface area contributed by atoms with Crippen LogP contribution in [0.5, 0.6) is 0 Å². The third-order valence-electron chi connectivity index (χ3n) is 3.54. The van der Waals surface area contributed by atoms with Gasteiger partial charge in [-0.2, -0.15) is 0 Å². The van der Waals surface area contributed by atoms with Gasteiger partial charge in [0.25, 0.3) is 0 Å². The second-order valence-corrected chi connectivity index (χ2v) is 5.53. The summed E-state index contributed by atoms with van der Waals surface area (Å²) in [6.45, 7) is 4.18. The Morgan fingerprint density at radius 2 is 2.29 bits per heavy atom. The Labute approximate surface area is 94.2 Å². The van der Waals surface area contributed by atoms with E-state index in [1.165, 1.54) is 12.8 Å². The van der Waals surface area contributed by atoms with Gasteiger partial charge < -0.3 is 4.90 Å². The average Bonchev–Trinajstić information content (AvgIpc) is 2.71. The first kappa shape index (κ1) is 10.5. The molecule has 0 N–H and O–H groups in total. The van der Waals surface area contributed by atoms with Gasteiger partial charge in [0, 0.05) is 24.3 Å². The van der Waals surface area contributed by atoms with Gasteiger partial charge in [-0.3, -0.25) is 4.79 Å². The normalized spacial score (nSPS) is 36.1. The Balaban J connectivity index is 1.80. The van der Waals surface area contributed by atoms with Gasteiger partial charge in [0.05, 0.1) is 0 Å². The summed E-state index contributed by atoms with van der Waals surface area (Å²) in [5, 5.41) is 1.07. The number of rotatable bonds is 3. The maximum Gasteiger partial charge on any atom is 0.225 e. The summed E-state index contributed by atoms with van der Waals surface area (Å²) in [6, 6.07) is 0. The minimum absolute atomic E-state index is 0.373. The SMILES string of the molecule is CC1CC1C(=O)N1CCC(CCBr)C1. The van der Waals surface area contributed by atoms with Crippen LogP contribution in [0.3, 0.4) is 0 Å². The van der Waals surface area contributed by atoms with Crippen LogP contribution in [0, 0.1) is 17.8 Å². The minimum atomic E-state index is 0.373. The van der Waals surface area contributed by atoms with Gasteiger partial charge in [0.1, 0.15) is 0 Å². The van der Waals surface area contributed by atoms with Crippen molar-refractivity contribution >= 4 is 21.8 Å². The summed E-state index contributed by atoms with van der Waals surface area (Å²) >= 11 is 3.46. The molecule has 14 heavy (non-hydrogen) atoms. The standard InChI is InChI=1S/C11H18BrNO/c1-8-6-10(8)11(14)13-5-3-9(7-13)2-4-12/h8-10H,2-7H2,1H3. The summed E-state index contributed by atoms with van der Waals surface area (Å²) < 4.78 is 0. The van der Waals surface area contributed by atoms with Gasteiger partial charge in [0.15, 0.2) is 0 Å². The van der Waals surface area contributed by atoms with Crippen molar-refractivity contribution in [3.8, 4) is 0 Å².